The lowest BCUT2D eigenvalue weighted by Gasteiger charge is -2.19. The van der Waals surface area contributed by atoms with Gasteiger partial charge in [0, 0.05) is 12.6 Å². The highest BCUT2D eigenvalue weighted by atomic mass is 32.2. The van der Waals surface area contributed by atoms with Gasteiger partial charge in [-0.15, -0.1) is 5.10 Å². The molecule has 0 aromatic carbocycles. The van der Waals surface area contributed by atoms with E-state index in [0.29, 0.717) is 11.7 Å². The third kappa shape index (κ3) is 3.67. The maximum absolute atomic E-state index is 10.5. The molecule has 1 heterocycles. The molecule has 2 rings (SSSR count). The Kier molecular flexibility index (Phi) is 4.54. The monoisotopic (exact) mass is 271 g/mol. The fourth-order valence-corrected chi connectivity index (χ4v) is 2.45. The Balaban J connectivity index is 1.84. The predicted octanol–water partition coefficient (Wildman–Crippen LogP) is 0.334. The molecule has 1 N–H and O–H groups in total. The van der Waals surface area contributed by atoms with Crippen LogP contribution in [-0.2, 0) is 11.3 Å². The quantitative estimate of drug-likeness (QED) is 0.682. The first-order valence-corrected chi connectivity index (χ1v) is 7.04. The van der Waals surface area contributed by atoms with Gasteiger partial charge in [-0.3, -0.25) is 9.69 Å². The molecular weight excluding hydrogens is 254 g/mol. The van der Waals surface area contributed by atoms with Gasteiger partial charge in [0.05, 0.1) is 12.3 Å². The average molecular weight is 271 g/mol. The molecule has 1 saturated carbocycles. The molecule has 18 heavy (non-hydrogen) atoms. The van der Waals surface area contributed by atoms with Crippen LogP contribution in [0.25, 0.3) is 0 Å². The first-order chi connectivity index (χ1) is 8.70. The van der Waals surface area contributed by atoms with Crippen LogP contribution < -0.4 is 0 Å². The third-order valence-electron chi connectivity index (χ3n) is 2.89. The zero-order valence-corrected chi connectivity index (χ0v) is 11.1. The van der Waals surface area contributed by atoms with E-state index in [-0.39, 0.29) is 5.75 Å². The second-order valence-corrected chi connectivity index (χ2v) is 5.17. The van der Waals surface area contributed by atoms with E-state index in [1.54, 1.807) is 4.68 Å². The number of carbonyl (C=O) groups is 1. The average Bonchev–Trinajstić information content (AvgIpc) is 3.07. The lowest BCUT2D eigenvalue weighted by atomic mass is 10.4. The van der Waals surface area contributed by atoms with Crippen molar-refractivity contribution >= 4 is 17.7 Å². The molecule has 0 radical (unpaired) electrons. The number of thioether (sulfide) groups is 1. The number of aliphatic carboxylic acids is 1. The summed E-state index contributed by atoms with van der Waals surface area (Å²) in [5.41, 5.74) is 0. The number of aromatic nitrogens is 4. The molecule has 0 bridgehead atoms. The Bertz CT molecular complexity index is 407. The first kappa shape index (κ1) is 13.3. The largest absolute Gasteiger partial charge is 0.481 e. The summed E-state index contributed by atoms with van der Waals surface area (Å²) in [7, 11) is 0. The van der Waals surface area contributed by atoms with Gasteiger partial charge >= 0.3 is 5.97 Å². The molecule has 0 saturated heterocycles. The van der Waals surface area contributed by atoms with Crippen molar-refractivity contribution < 1.29 is 9.90 Å². The van der Waals surface area contributed by atoms with Crippen molar-refractivity contribution in [1.29, 1.82) is 0 Å². The highest BCUT2D eigenvalue weighted by molar-refractivity contribution is 7.99. The van der Waals surface area contributed by atoms with Crippen LogP contribution >= 0.6 is 11.8 Å². The fourth-order valence-electron chi connectivity index (χ4n) is 1.83. The number of likely N-dealkylation sites (N-methyl/N-ethyl adjacent to an activating group) is 1. The van der Waals surface area contributed by atoms with Crippen LogP contribution in [-0.4, -0.2) is 61.1 Å². The van der Waals surface area contributed by atoms with Crippen LogP contribution in [0.15, 0.2) is 5.16 Å². The summed E-state index contributed by atoms with van der Waals surface area (Å²) >= 11 is 1.15. The van der Waals surface area contributed by atoms with E-state index in [1.165, 1.54) is 12.8 Å². The number of hydrogen-bond donors (Lipinski definition) is 1. The Morgan fingerprint density at radius 3 is 3.00 bits per heavy atom. The number of carboxylic acids is 1. The minimum absolute atomic E-state index is 0.0134. The van der Waals surface area contributed by atoms with E-state index >= 15 is 0 Å². The number of carboxylic acid groups (broad SMARTS) is 1. The number of nitrogens with zero attached hydrogens (tertiary/aromatic N) is 5. The van der Waals surface area contributed by atoms with Gasteiger partial charge in [-0.25, -0.2) is 4.68 Å². The summed E-state index contributed by atoms with van der Waals surface area (Å²) < 4.78 is 1.68. The summed E-state index contributed by atoms with van der Waals surface area (Å²) in [6.07, 6.45) is 2.56. The Hall–Kier alpha value is -1.15. The third-order valence-corrected chi connectivity index (χ3v) is 3.83. The molecule has 0 aliphatic heterocycles. The van der Waals surface area contributed by atoms with Crippen molar-refractivity contribution in [1.82, 2.24) is 25.1 Å². The molecule has 0 unspecified atom stereocenters. The molecule has 1 fully saturated rings. The molecule has 1 aliphatic rings. The zero-order valence-electron chi connectivity index (χ0n) is 10.3. The van der Waals surface area contributed by atoms with Gasteiger partial charge in [-0.2, -0.15) is 0 Å². The van der Waals surface area contributed by atoms with Crippen LogP contribution in [0.3, 0.4) is 0 Å². The molecule has 1 aromatic heterocycles. The Morgan fingerprint density at radius 2 is 2.39 bits per heavy atom. The molecule has 100 valence electrons. The highest BCUT2D eigenvalue weighted by Gasteiger charge is 2.27. The summed E-state index contributed by atoms with van der Waals surface area (Å²) in [6.45, 7) is 4.80. The van der Waals surface area contributed by atoms with Gasteiger partial charge in [0.25, 0.3) is 0 Å². The van der Waals surface area contributed by atoms with E-state index in [9.17, 15) is 4.79 Å². The van der Waals surface area contributed by atoms with Crippen molar-refractivity contribution in [3.8, 4) is 0 Å². The normalized spacial score (nSPS) is 15.2. The van der Waals surface area contributed by atoms with Crippen LogP contribution in [0.4, 0.5) is 0 Å². The van der Waals surface area contributed by atoms with Crippen molar-refractivity contribution in [3.05, 3.63) is 0 Å². The Morgan fingerprint density at radius 1 is 1.61 bits per heavy atom. The number of rotatable bonds is 8. The van der Waals surface area contributed by atoms with Gasteiger partial charge < -0.3 is 5.11 Å². The van der Waals surface area contributed by atoms with E-state index in [1.807, 2.05) is 0 Å². The minimum atomic E-state index is -0.859. The minimum Gasteiger partial charge on any atom is -0.481 e. The van der Waals surface area contributed by atoms with Crippen LogP contribution in [0.1, 0.15) is 19.8 Å². The van der Waals surface area contributed by atoms with Gasteiger partial charge in [-0.1, -0.05) is 18.7 Å². The second-order valence-electron chi connectivity index (χ2n) is 4.23. The molecular formula is C10H17N5O2S. The summed E-state index contributed by atoms with van der Waals surface area (Å²) in [5.74, 6) is -0.872. The van der Waals surface area contributed by atoms with Gasteiger partial charge in [0.2, 0.25) is 5.16 Å². The molecule has 1 aliphatic carbocycles. The van der Waals surface area contributed by atoms with Crippen LogP contribution in [0.2, 0.25) is 0 Å². The van der Waals surface area contributed by atoms with Crippen molar-refractivity contribution in [2.75, 3.05) is 18.8 Å². The SMILES string of the molecule is CCN(CCn1nnnc1SCC(=O)O)C1CC1. The predicted molar refractivity (Wildman–Crippen MR) is 66.4 cm³/mol. The lowest BCUT2D eigenvalue weighted by Crippen LogP contribution is -2.29. The summed E-state index contributed by atoms with van der Waals surface area (Å²) in [6, 6.07) is 0.724. The topological polar surface area (TPSA) is 84.1 Å². The van der Waals surface area contributed by atoms with E-state index in [2.05, 4.69) is 27.3 Å². The zero-order chi connectivity index (χ0) is 13.0. The van der Waals surface area contributed by atoms with E-state index in [0.717, 1.165) is 30.9 Å². The highest BCUT2D eigenvalue weighted by Crippen LogP contribution is 2.26. The maximum Gasteiger partial charge on any atom is 0.313 e. The summed E-state index contributed by atoms with van der Waals surface area (Å²) in [4.78, 5) is 12.9. The Labute approximate surface area is 110 Å². The molecule has 0 atom stereocenters. The molecule has 1 aromatic rings. The molecule has 0 amide bonds. The fraction of sp³-hybridized carbons (Fsp3) is 0.800. The van der Waals surface area contributed by atoms with Crippen LogP contribution in [0.5, 0.6) is 0 Å². The van der Waals surface area contributed by atoms with E-state index in [4.69, 9.17) is 5.11 Å². The van der Waals surface area contributed by atoms with Crippen molar-refractivity contribution in [3.63, 3.8) is 0 Å². The maximum atomic E-state index is 10.5. The smallest absolute Gasteiger partial charge is 0.313 e. The summed E-state index contributed by atoms with van der Waals surface area (Å²) in [5, 5.41) is 20.5. The molecule has 7 nitrogen and oxygen atoms in total. The van der Waals surface area contributed by atoms with Gasteiger partial charge in [0.1, 0.15) is 0 Å². The van der Waals surface area contributed by atoms with Crippen LogP contribution in [0, 0.1) is 0 Å². The lowest BCUT2D eigenvalue weighted by molar-refractivity contribution is -0.133. The van der Waals surface area contributed by atoms with E-state index < -0.39 is 5.97 Å². The molecule has 0 spiro atoms. The first-order valence-electron chi connectivity index (χ1n) is 6.05. The standard InChI is InChI=1S/C10H17N5O2S/c1-2-14(8-3-4-8)5-6-15-10(11-12-13-15)18-7-9(16)17/h8H,2-7H2,1H3,(H,16,17). The van der Waals surface area contributed by atoms with Crippen molar-refractivity contribution in [2.24, 2.45) is 0 Å². The number of hydrogen-bond acceptors (Lipinski definition) is 6. The van der Waals surface area contributed by atoms with Gasteiger partial charge in [-0.05, 0) is 29.8 Å². The number of tetrazole rings is 1. The second kappa shape index (κ2) is 6.14. The van der Waals surface area contributed by atoms with Crippen molar-refractivity contribution in [2.45, 2.75) is 37.5 Å². The van der Waals surface area contributed by atoms with Gasteiger partial charge in [0.15, 0.2) is 0 Å². The molecule has 8 heteroatoms.